The van der Waals surface area contributed by atoms with Crippen molar-refractivity contribution >= 4 is 27.7 Å². The van der Waals surface area contributed by atoms with Crippen LogP contribution in [0.15, 0.2) is 168 Å². The molecular formula is C47H46N2O7S2. The quantitative estimate of drug-likeness (QED) is 0.0765. The smallest absolute Gasteiger partial charge is 0.241 e. The summed E-state index contributed by atoms with van der Waals surface area (Å²) in [6.07, 6.45) is -1.22. The van der Waals surface area contributed by atoms with Crippen molar-refractivity contribution in [3.63, 3.8) is 0 Å². The molecule has 1 heterocycles. The molecule has 6 aromatic carbocycles. The van der Waals surface area contributed by atoms with Crippen molar-refractivity contribution in [1.29, 1.82) is 0 Å². The number of carbonyl (C=O) groups is 1. The summed E-state index contributed by atoms with van der Waals surface area (Å²) >= 11 is 1.64. The number of aryl methyl sites for hydroxylation is 1. The first kappa shape index (κ1) is 40.9. The SMILES string of the molecule is Cc1ccc(S(=O)(=O)N[C@H](Cc2ccccc2)C(=O)NCc2ccc(C3O[C@H](CSc4ccc(O)cc4)[C@@H](c4ccccc4)[C@H](c4ccc(CO)cc4)O3)cc2)cc1. The summed E-state index contributed by atoms with van der Waals surface area (Å²) in [5.41, 5.74) is 6.20. The number of sulfonamides is 1. The van der Waals surface area contributed by atoms with Gasteiger partial charge < -0.3 is 25.0 Å². The van der Waals surface area contributed by atoms with Gasteiger partial charge in [0.15, 0.2) is 6.29 Å². The highest BCUT2D eigenvalue weighted by atomic mass is 32.2. The summed E-state index contributed by atoms with van der Waals surface area (Å²) in [4.78, 5) is 14.8. The predicted octanol–water partition coefficient (Wildman–Crippen LogP) is 8.13. The average molecular weight is 815 g/mol. The van der Waals surface area contributed by atoms with Gasteiger partial charge in [-0.1, -0.05) is 127 Å². The Morgan fingerprint density at radius 2 is 1.33 bits per heavy atom. The van der Waals surface area contributed by atoms with Crippen LogP contribution in [0.4, 0.5) is 0 Å². The molecule has 0 bridgehead atoms. The molecule has 5 atom stereocenters. The zero-order valence-electron chi connectivity index (χ0n) is 32.0. The van der Waals surface area contributed by atoms with Gasteiger partial charge >= 0.3 is 0 Å². The Bertz CT molecular complexity index is 2340. The standard InChI is InChI=1S/C47H46N2O7S2/c1-32-12-26-41(27-13-32)58(53,54)49-42(28-33-8-4-2-5-9-33)46(52)48-29-34-14-20-38(21-15-34)47-55-43(31-57-40-24-22-39(51)23-25-40)44(36-10-6-3-7-11-36)45(56-47)37-18-16-35(30-50)17-19-37/h2-27,42-45,47,49-51H,28-31H2,1H3,(H,48,52)/t42-,43-,44-,45+,47?/m1/s1. The van der Waals surface area contributed by atoms with Gasteiger partial charge in [-0.25, -0.2) is 8.42 Å². The molecule has 11 heteroatoms. The second-order valence-corrected chi connectivity index (χ2v) is 17.1. The maximum absolute atomic E-state index is 13.7. The zero-order chi connectivity index (χ0) is 40.5. The van der Waals surface area contributed by atoms with E-state index in [4.69, 9.17) is 9.47 Å². The van der Waals surface area contributed by atoms with E-state index in [1.54, 1.807) is 36.0 Å². The number of carbonyl (C=O) groups excluding carboxylic acids is 1. The first-order chi connectivity index (χ1) is 28.1. The molecule has 0 saturated carbocycles. The van der Waals surface area contributed by atoms with Crippen molar-refractivity contribution < 1.29 is 32.9 Å². The number of benzene rings is 6. The fourth-order valence-electron chi connectivity index (χ4n) is 6.99. The number of hydrogen-bond donors (Lipinski definition) is 4. The van der Waals surface area contributed by atoms with Gasteiger partial charge in [0.1, 0.15) is 11.8 Å². The third-order valence-corrected chi connectivity index (χ3v) is 12.8. The number of thioether (sulfide) groups is 1. The highest BCUT2D eigenvalue weighted by Gasteiger charge is 2.42. The number of hydrogen-bond acceptors (Lipinski definition) is 8. The van der Waals surface area contributed by atoms with Gasteiger partial charge in [0.05, 0.1) is 23.7 Å². The van der Waals surface area contributed by atoms with Gasteiger partial charge in [-0.05, 0) is 77.6 Å². The van der Waals surface area contributed by atoms with Crippen LogP contribution in [0.1, 0.15) is 57.3 Å². The van der Waals surface area contributed by atoms with Crippen molar-refractivity contribution in [2.45, 2.75) is 66.7 Å². The van der Waals surface area contributed by atoms with Crippen molar-refractivity contribution in [2.75, 3.05) is 5.75 Å². The summed E-state index contributed by atoms with van der Waals surface area (Å²) in [6.45, 7) is 1.99. The molecule has 1 unspecified atom stereocenters. The molecule has 1 aliphatic heterocycles. The number of phenolic OH excluding ortho intramolecular Hbond substituents is 1. The number of aromatic hydroxyl groups is 1. The van der Waals surface area contributed by atoms with Crippen molar-refractivity contribution in [1.82, 2.24) is 10.0 Å². The minimum absolute atomic E-state index is 0.0604. The molecule has 0 spiro atoms. The molecular weight excluding hydrogens is 769 g/mol. The van der Waals surface area contributed by atoms with E-state index >= 15 is 0 Å². The Morgan fingerprint density at radius 3 is 1.98 bits per heavy atom. The zero-order valence-corrected chi connectivity index (χ0v) is 33.6. The molecule has 6 aromatic rings. The van der Waals surface area contributed by atoms with Crippen LogP contribution in [0.25, 0.3) is 0 Å². The second kappa shape index (κ2) is 19.0. The molecule has 0 aliphatic carbocycles. The molecule has 1 saturated heterocycles. The van der Waals surface area contributed by atoms with Gasteiger partial charge in [-0.3, -0.25) is 4.79 Å². The topological polar surface area (TPSA) is 134 Å². The lowest BCUT2D eigenvalue weighted by molar-refractivity contribution is -0.255. The van der Waals surface area contributed by atoms with Crippen LogP contribution in [0, 0.1) is 6.92 Å². The van der Waals surface area contributed by atoms with E-state index in [9.17, 15) is 23.4 Å². The molecule has 9 nitrogen and oxygen atoms in total. The lowest BCUT2D eigenvalue weighted by Crippen LogP contribution is -2.47. The van der Waals surface area contributed by atoms with E-state index in [2.05, 4.69) is 22.2 Å². The number of aliphatic hydroxyl groups is 1. The van der Waals surface area contributed by atoms with E-state index in [1.165, 1.54) is 12.1 Å². The van der Waals surface area contributed by atoms with Crippen LogP contribution in [0.5, 0.6) is 5.75 Å². The van der Waals surface area contributed by atoms with E-state index in [0.717, 1.165) is 43.8 Å². The van der Waals surface area contributed by atoms with Crippen LogP contribution in [-0.2, 0) is 43.9 Å². The van der Waals surface area contributed by atoms with E-state index < -0.39 is 28.3 Å². The minimum atomic E-state index is -3.98. The highest BCUT2D eigenvalue weighted by molar-refractivity contribution is 7.99. The van der Waals surface area contributed by atoms with Crippen molar-refractivity contribution in [2.24, 2.45) is 0 Å². The lowest BCUT2D eigenvalue weighted by atomic mass is 9.84. The molecule has 1 aliphatic rings. The summed E-state index contributed by atoms with van der Waals surface area (Å²) < 4.78 is 43.0. The first-order valence-corrected chi connectivity index (χ1v) is 21.6. The molecule has 58 heavy (non-hydrogen) atoms. The lowest BCUT2D eigenvalue weighted by Gasteiger charge is -2.43. The van der Waals surface area contributed by atoms with Crippen LogP contribution in [0.2, 0.25) is 0 Å². The largest absolute Gasteiger partial charge is 0.508 e. The van der Waals surface area contributed by atoms with Crippen molar-refractivity contribution in [3.05, 3.63) is 197 Å². The highest BCUT2D eigenvalue weighted by Crippen LogP contribution is 2.48. The van der Waals surface area contributed by atoms with Gasteiger partial charge in [-0.15, -0.1) is 11.8 Å². The maximum atomic E-state index is 13.7. The molecule has 0 radical (unpaired) electrons. The number of aliphatic hydroxyl groups excluding tert-OH is 1. The van der Waals surface area contributed by atoms with Gasteiger partial charge in [0.25, 0.3) is 0 Å². The third-order valence-electron chi connectivity index (χ3n) is 10.2. The number of rotatable bonds is 15. The fraction of sp³-hybridized carbons (Fsp3) is 0.213. The average Bonchev–Trinajstić information content (AvgIpc) is 3.25. The predicted molar refractivity (Wildman–Crippen MR) is 226 cm³/mol. The van der Waals surface area contributed by atoms with Crippen LogP contribution >= 0.6 is 11.8 Å². The summed E-state index contributed by atoms with van der Waals surface area (Å²) in [5.74, 6) is 0.206. The van der Waals surface area contributed by atoms with Crippen LogP contribution < -0.4 is 10.0 Å². The molecule has 1 amide bonds. The van der Waals surface area contributed by atoms with Crippen LogP contribution in [-0.4, -0.2) is 42.4 Å². The molecule has 7 rings (SSSR count). The number of amides is 1. The monoisotopic (exact) mass is 814 g/mol. The maximum Gasteiger partial charge on any atom is 0.241 e. The normalized spacial score (nSPS) is 18.7. The van der Waals surface area contributed by atoms with Crippen molar-refractivity contribution in [3.8, 4) is 5.75 Å². The third kappa shape index (κ3) is 10.4. The fourth-order valence-corrected chi connectivity index (χ4v) is 9.15. The summed E-state index contributed by atoms with van der Waals surface area (Å²) in [6, 6.07) is 47.5. The first-order valence-electron chi connectivity index (χ1n) is 19.1. The van der Waals surface area contributed by atoms with E-state index in [1.807, 2.05) is 116 Å². The van der Waals surface area contributed by atoms with Gasteiger partial charge in [-0.2, -0.15) is 4.72 Å². The Kier molecular flexibility index (Phi) is 13.4. The van der Waals surface area contributed by atoms with Gasteiger partial charge in [0, 0.05) is 28.7 Å². The molecule has 0 aromatic heterocycles. The van der Waals surface area contributed by atoms with Gasteiger partial charge in [0.2, 0.25) is 15.9 Å². The molecule has 4 N–H and O–H groups in total. The van der Waals surface area contributed by atoms with Crippen LogP contribution in [0.3, 0.4) is 0 Å². The van der Waals surface area contributed by atoms with E-state index in [0.29, 0.717) is 5.75 Å². The Labute approximate surface area is 344 Å². The van der Waals surface area contributed by atoms with E-state index in [-0.39, 0.29) is 48.3 Å². The molecule has 298 valence electrons. The number of ether oxygens (including phenoxy) is 2. The number of phenols is 1. The second-order valence-electron chi connectivity index (χ2n) is 14.3. The minimum Gasteiger partial charge on any atom is -0.508 e. The number of nitrogens with one attached hydrogen (secondary N) is 2. The summed E-state index contributed by atoms with van der Waals surface area (Å²) in [5, 5.41) is 22.5. The summed E-state index contributed by atoms with van der Waals surface area (Å²) in [7, 11) is -3.98. The molecule has 1 fully saturated rings. The Morgan fingerprint density at radius 1 is 0.707 bits per heavy atom. The Hall–Kier alpha value is -5.27. The Balaban J connectivity index is 1.10.